The molecule has 2 saturated heterocycles. The maximum Gasteiger partial charge on any atom is 0.326 e. The van der Waals surface area contributed by atoms with E-state index in [2.05, 4.69) is 27.8 Å². The van der Waals surface area contributed by atoms with E-state index in [0.29, 0.717) is 19.6 Å². The van der Waals surface area contributed by atoms with Crippen LogP contribution in [0.2, 0.25) is 0 Å². The predicted molar refractivity (Wildman–Crippen MR) is 81.6 cm³/mol. The van der Waals surface area contributed by atoms with Gasteiger partial charge in [0.15, 0.2) is 0 Å². The topological polar surface area (TPSA) is 65.9 Å². The van der Waals surface area contributed by atoms with E-state index in [-0.39, 0.29) is 0 Å². The maximum absolute atomic E-state index is 11.7. The van der Waals surface area contributed by atoms with Crippen LogP contribution in [0.25, 0.3) is 0 Å². The first kappa shape index (κ1) is 15.4. The largest absolute Gasteiger partial charge is 0.480 e. The number of aliphatic carboxylic acids is 1. The smallest absolute Gasteiger partial charge is 0.326 e. The van der Waals surface area contributed by atoms with Crippen molar-refractivity contribution < 1.29 is 14.6 Å². The van der Waals surface area contributed by atoms with Crippen molar-refractivity contribution in [2.24, 2.45) is 0 Å². The molecule has 2 aliphatic rings. The molecule has 120 valence electrons. The molecular formula is C16H23N3O3. The van der Waals surface area contributed by atoms with Gasteiger partial charge in [-0.3, -0.25) is 19.6 Å². The number of nitrogens with zero attached hydrogens (tertiary/aromatic N) is 3. The quantitative estimate of drug-likeness (QED) is 0.885. The van der Waals surface area contributed by atoms with E-state index in [1.54, 1.807) is 0 Å². The molecule has 0 saturated carbocycles. The molecule has 22 heavy (non-hydrogen) atoms. The third-order valence-electron chi connectivity index (χ3n) is 4.91. The fraction of sp³-hybridized carbons (Fsp3) is 0.625. The summed E-state index contributed by atoms with van der Waals surface area (Å²) >= 11 is 0. The molecule has 0 aromatic carbocycles. The van der Waals surface area contributed by atoms with Gasteiger partial charge in [0, 0.05) is 58.1 Å². The molecule has 0 amide bonds. The van der Waals surface area contributed by atoms with Crippen LogP contribution in [0.1, 0.15) is 17.5 Å². The standard InChI is InChI=1S/C16H23N3O3/c1-13-10-17-4-2-14(13)11-18-5-7-19(8-6-18)16(15(20)21)3-9-22-12-16/h2,4,10H,3,5-9,11-12H2,1H3,(H,20,21). The van der Waals surface area contributed by atoms with Gasteiger partial charge in [0.25, 0.3) is 0 Å². The molecule has 0 spiro atoms. The normalized spacial score (nSPS) is 27.1. The summed E-state index contributed by atoms with van der Waals surface area (Å²) in [4.78, 5) is 20.3. The number of aromatic nitrogens is 1. The molecule has 3 heterocycles. The van der Waals surface area contributed by atoms with E-state index in [1.807, 2.05) is 12.4 Å². The van der Waals surface area contributed by atoms with Gasteiger partial charge in [-0.25, -0.2) is 0 Å². The minimum Gasteiger partial charge on any atom is -0.480 e. The summed E-state index contributed by atoms with van der Waals surface area (Å²) in [5, 5.41) is 9.61. The Balaban J connectivity index is 1.61. The Labute approximate surface area is 130 Å². The Bertz CT molecular complexity index is 535. The zero-order valence-electron chi connectivity index (χ0n) is 13.0. The molecule has 3 rings (SSSR count). The zero-order valence-corrected chi connectivity index (χ0v) is 13.0. The average molecular weight is 305 g/mol. The molecule has 1 unspecified atom stereocenters. The Morgan fingerprint density at radius 3 is 2.77 bits per heavy atom. The highest BCUT2D eigenvalue weighted by molar-refractivity contribution is 5.79. The molecule has 1 aromatic heterocycles. The summed E-state index contributed by atoms with van der Waals surface area (Å²) in [7, 11) is 0. The molecule has 6 nitrogen and oxygen atoms in total. The lowest BCUT2D eigenvalue weighted by atomic mass is 9.95. The van der Waals surface area contributed by atoms with Crippen molar-refractivity contribution in [2.75, 3.05) is 39.4 Å². The van der Waals surface area contributed by atoms with Crippen molar-refractivity contribution in [1.82, 2.24) is 14.8 Å². The summed E-state index contributed by atoms with van der Waals surface area (Å²) in [6.07, 6.45) is 4.31. The Morgan fingerprint density at radius 1 is 1.41 bits per heavy atom. The lowest BCUT2D eigenvalue weighted by molar-refractivity contribution is -0.153. The van der Waals surface area contributed by atoms with E-state index in [4.69, 9.17) is 4.74 Å². The van der Waals surface area contributed by atoms with Crippen molar-refractivity contribution in [3.05, 3.63) is 29.6 Å². The van der Waals surface area contributed by atoms with Gasteiger partial charge in [0.1, 0.15) is 5.54 Å². The average Bonchev–Trinajstić information content (AvgIpc) is 3.01. The van der Waals surface area contributed by atoms with Crippen LogP contribution < -0.4 is 0 Å². The minimum atomic E-state index is -0.807. The van der Waals surface area contributed by atoms with Crippen LogP contribution in [0, 0.1) is 6.92 Å². The van der Waals surface area contributed by atoms with Gasteiger partial charge in [0.05, 0.1) is 6.61 Å². The van der Waals surface area contributed by atoms with Crippen LogP contribution in [0.3, 0.4) is 0 Å². The summed E-state index contributed by atoms with van der Waals surface area (Å²) in [5.41, 5.74) is 1.69. The van der Waals surface area contributed by atoms with E-state index in [0.717, 1.165) is 32.7 Å². The first-order chi connectivity index (χ1) is 10.6. The predicted octanol–water partition coefficient (Wildman–Crippen LogP) is 0.751. The molecule has 1 N–H and O–H groups in total. The van der Waals surface area contributed by atoms with Gasteiger partial charge in [-0.2, -0.15) is 0 Å². The molecule has 0 aliphatic carbocycles. The second-order valence-electron chi connectivity index (χ2n) is 6.20. The molecule has 6 heteroatoms. The van der Waals surface area contributed by atoms with Crippen LogP contribution in [0.15, 0.2) is 18.5 Å². The highest BCUT2D eigenvalue weighted by Gasteiger charge is 2.48. The third kappa shape index (κ3) is 2.86. The number of carbonyl (C=O) groups is 1. The lowest BCUT2D eigenvalue weighted by Crippen LogP contribution is -2.61. The first-order valence-electron chi connectivity index (χ1n) is 7.80. The van der Waals surface area contributed by atoms with Crippen LogP contribution in [0.5, 0.6) is 0 Å². The van der Waals surface area contributed by atoms with E-state index >= 15 is 0 Å². The number of carboxylic acids is 1. The number of pyridine rings is 1. The first-order valence-corrected chi connectivity index (χ1v) is 7.80. The van der Waals surface area contributed by atoms with Crippen LogP contribution in [-0.2, 0) is 16.1 Å². The lowest BCUT2D eigenvalue weighted by Gasteiger charge is -2.42. The monoisotopic (exact) mass is 305 g/mol. The van der Waals surface area contributed by atoms with Crippen LogP contribution >= 0.6 is 0 Å². The molecular weight excluding hydrogens is 282 g/mol. The molecule has 2 fully saturated rings. The SMILES string of the molecule is Cc1cnccc1CN1CCN(C2(C(=O)O)CCOC2)CC1. The number of piperazine rings is 1. The second-order valence-corrected chi connectivity index (χ2v) is 6.20. The second kappa shape index (κ2) is 6.32. The number of aryl methyl sites for hydroxylation is 1. The van der Waals surface area contributed by atoms with Gasteiger partial charge in [-0.1, -0.05) is 0 Å². The molecule has 2 aliphatic heterocycles. The Hall–Kier alpha value is -1.50. The van der Waals surface area contributed by atoms with Gasteiger partial charge in [0.2, 0.25) is 0 Å². The van der Waals surface area contributed by atoms with Gasteiger partial charge in [-0.05, 0) is 24.1 Å². The van der Waals surface area contributed by atoms with E-state index in [1.165, 1.54) is 11.1 Å². The zero-order chi connectivity index (χ0) is 15.6. The number of hydrogen-bond donors (Lipinski definition) is 1. The summed E-state index contributed by atoms with van der Waals surface area (Å²) in [6, 6.07) is 2.06. The highest BCUT2D eigenvalue weighted by atomic mass is 16.5. The Morgan fingerprint density at radius 2 is 2.18 bits per heavy atom. The van der Waals surface area contributed by atoms with Crippen LogP contribution in [0.4, 0.5) is 0 Å². The van der Waals surface area contributed by atoms with Gasteiger partial charge < -0.3 is 9.84 Å². The Kier molecular flexibility index (Phi) is 4.42. The molecule has 1 aromatic rings. The van der Waals surface area contributed by atoms with Crippen LogP contribution in [-0.4, -0.2) is 70.8 Å². The third-order valence-corrected chi connectivity index (χ3v) is 4.91. The van der Waals surface area contributed by atoms with Crippen molar-refractivity contribution in [3.63, 3.8) is 0 Å². The highest BCUT2D eigenvalue weighted by Crippen LogP contribution is 2.28. The van der Waals surface area contributed by atoms with E-state index < -0.39 is 11.5 Å². The van der Waals surface area contributed by atoms with Gasteiger partial charge >= 0.3 is 5.97 Å². The number of rotatable bonds is 4. The van der Waals surface area contributed by atoms with Crippen molar-refractivity contribution >= 4 is 5.97 Å². The number of carboxylic acid groups (broad SMARTS) is 1. The molecule has 1 atom stereocenters. The van der Waals surface area contributed by atoms with Crippen molar-refractivity contribution in [2.45, 2.75) is 25.4 Å². The van der Waals surface area contributed by atoms with Crippen molar-refractivity contribution in [1.29, 1.82) is 0 Å². The fourth-order valence-corrected chi connectivity index (χ4v) is 3.36. The number of ether oxygens (including phenoxy) is 1. The minimum absolute atomic E-state index is 0.311. The maximum atomic E-state index is 11.7. The molecule has 0 radical (unpaired) electrons. The number of hydrogen-bond acceptors (Lipinski definition) is 5. The summed E-state index contributed by atoms with van der Waals surface area (Å²) < 4.78 is 5.37. The summed E-state index contributed by atoms with van der Waals surface area (Å²) in [5.74, 6) is -0.747. The summed E-state index contributed by atoms with van der Waals surface area (Å²) in [6.45, 7) is 7.16. The fourth-order valence-electron chi connectivity index (χ4n) is 3.36. The molecule has 0 bridgehead atoms. The van der Waals surface area contributed by atoms with E-state index in [9.17, 15) is 9.90 Å². The van der Waals surface area contributed by atoms with Crippen molar-refractivity contribution in [3.8, 4) is 0 Å². The van der Waals surface area contributed by atoms with Gasteiger partial charge in [-0.15, -0.1) is 0 Å².